The van der Waals surface area contributed by atoms with Crippen molar-refractivity contribution in [3.8, 4) is 12.3 Å². The third-order valence-corrected chi connectivity index (χ3v) is 44.3. The van der Waals surface area contributed by atoms with Gasteiger partial charge < -0.3 is 22.8 Å². The molecule has 0 aliphatic heterocycles. The summed E-state index contributed by atoms with van der Waals surface area (Å²) in [4.78, 5) is 0. The molecule has 0 aromatic carbocycles. The maximum atomic E-state index is 11.6. The van der Waals surface area contributed by atoms with E-state index in [2.05, 4.69) is 195 Å². The van der Waals surface area contributed by atoms with Crippen LogP contribution in [0.25, 0.3) is 0 Å². The van der Waals surface area contributed by atoms with E-state index in [1.807, 2.05) is 0 Å². The van der Waals surface area contributed by atoms with Gasteiger partial charge in [0.2, 0.25) is 0 Å². The fraction of sp³-hybridized carbons (Fsp3) is 0.926. The zero-order chi connectivity index (χ0) is 58.8. The monoisotopic (exact) mass is 1140 g/mol. The molecule has 77 heavy (non-hydrogen) atoms. The van der Waals surface area contributed by atoms with Gasteiger partial charge in [-0.3, -0.25) is 0 Å². The minimum atomic E-state index is -1.92. The second-order valence-electron chi connectivity index (χ2n) is 34.9. The molecule has 0 bridgehead atoms. The molecule has 6 saturated carbocycles. The van der Waals surface area contributed by atoms with E-state index in [0.717, 1.165) is 63.9 Å². The second kappa shape index (κ2) is 23.3. The van der Waals surface area contributed by atoms with Crippen LogP contribution in [0.5, 0.6) is 0 Å². The molecule has 6 aliphatic carbocycles. The van der Waals surface area contributed by atoms with Crippen molar-refractivity contribution in [2.75, 3.05) is 26.4 Å². The number of hydrogen-bond acceptors (Lipinski definition) is 5. The van der Waals surface area contributed by atoms with Crippen LogP contribution in [0.3, 0.4) is 0 Å². The van der Waals surface area contributed by atoms with E-state index >= 15 is 0 Å². The molecule has 0 radical (unpaired) electrons. The van der Waals surface area contributed by atoms with Gasteiger partial charge in [0, 0.05) is 31.8 Å². The van der Waals surface area contributed by atoms with E-state index in [-0.39, 0.29) is 36.4 Å². The van der Waals surface area contributed by atoms with E-state index in [1.165, 1.54) is 69.8 Å². The number of terminal acetylenes is 1. The molecule has 0 aromatic rings. The second-order valence-corrected chi connectivity index (χ2v) is 54.1. The SMILES string of the molecule is C#C[C@]1(O)CCC2[C@H](CO[Si](C)(C)C(C)(C)C)C([C@@]3(C)CC[C@H](C)C[C@@H]3CO[Si](C)(C)C(C)(C)C)CC[C@@]21C.C=C=C1CCC2[C@H](CO[Si](C)(C)C(C)(C)C)C([C@@]3(C)CC[C@H](C)C[C@@H]3CO[Si](C)(C)C(C)(C)C)CC[C@]12C. The van der Waals surface area contributed by atoms with Crippen LogP contribution in [0.15, 0.2) is 17.9 Å². The molecule has 1 N–H and O–H groups in total. The highest BCUT2D eigenvalue weighted by Gasteiger charge is 2.64. The minimum Gasteiger partial charge on any atom is -0.417 e. The lowest BCUT2D eigenvalue weighted by Gasteiger charge is -2.58. The molecular weight excluding hydrogens is 1010 g/mol. The summed E-state index contributed by atoms with van der Waals surface area (Å²) < 4.78 is 28.1. The molecule has 0 aromatic heterocycles. The third-order valence-electron chi connectivity index (χ3n) is 26.3. The lowest BCUT2D eigenvalue weighted by molar-refractivity contribution is -0.127. The Bertz CT molecular complexity index is 2090. The van der Waals surface area contributed by atoms with Crippen molar-refractivity contribution >= 4 is 33.3 Å². The summed E-state index contributed by atoms with van der Waals surface area (Å²) in [6, 6.07) is 0. The summed E-state index contributed by atoms with van der Waals surface area (Å²) in [6.07, 6.45) is 22.8. The van der Waals surface area contributed by atoms with Crippen LogP contribution >= 0.6 is 0 Å². The molecule has 15 atom stereocenters. The molecule has 0 heterocycles. The first-order valence-electron chi connectivity index (χ1n) is 31.9. The maximum absolute atomic E-state index is 11.6. The van der Waals surface area contributed by atoms with Crippen LogP contribution in [-0.4, -0.2) is 70.4 Å². The van der Waals surface area contributed by atoms with E-state index in [4.69, 9.17) is 24.1 Å². The highest BCUT2D eigenvalue weighted by molar-refractivity contribution is 6.75. The Morgan fingerprint density at radius 1 is 0.506 bits per heavy atom. The molecule has 0 spiro atoms. The number of rotatable bonds is 14. The molecule has 9 heteroatoms. The van der Waals surface area contributed by atoms with Gasteiger partial charge in [0.25, 0.3) is 0 Å². The zero-order valence-electron chi connectivity index (χ0n) is 55.9. The molecular formula is C68H128O5Si4. The molecule has 4 unspecified atom stereocenters. The number of aliphatic hydroxyl groups is 1. The predicted molar refractivity (Wildman–Crippen MR) is 342 cm³/mol. The van der Waals surface area contributed by atoms with E-state index in [1.54, 1.807) is 0 Å². The summed E-state index contributed by atoms with van der Waals surface area (Å²) in [5.74, 6) is 9.03. The summed E-state index contributed by atoms with van der Waals surface area (Å²) in [6.45, 7) is 70.4. The van der Waals surface area contributed by atoms with Crippen LogP contribution in [0, 0.1) is 93.2 Å². The van der Waals surface area contributed by atoms with E-state index < -0.39 is 38.9 Å². The smallest absolute Gasteiger partial charge is 0.191 e. The fourth-order valence-electron chi connectivity index (χ4n) is 15.9. The zero-order valence-corrected chi connectivity index (χ0v) is 59.9. The Balaban J connectivity index is 0.000000284. The van der Waals surface area contributed by atoms with Gasteiger partial charge in [-0.15, -0.1) is 12.2 Å². The van der Waals surface area contributed by atoms with Crippen LogP contribution in [0.1, 0.15) is 215 Å². The highest BCUT2D eigenvalue weighted by Crippen LogP contribution is 2.67. The fourth-order valence-corrected chi connectivity index (χ4v) is 20.1. The minimum absolute atomic E-state index is 0.180. The molecule has 0 saturated heterocycles. The number of hydrogen-bond donors (Lipinski definition) is 1. The van der Waals surface area contributed by atoms with Gasteiger partial charge in [0.05, 0.1) is 0 Å². The van der Waals surface area contributed by atoms with Gasteiger partial charge in [0.1, 0.15) is 5.60 Å². The first-order chi connectivity index (χ1) is 34.7. The first kappa shape index (κ1) is 67.5. The van der Waals surface area contributed by atoms with Crippen molar-refractivity contribution in [2.45, 2.75) is 293 Å². The van der Waals surface area contributed by atoms with Gasteiger partial charge in [-0.2, -0.15) is 0 Å². The highest BCUT2D eigenvalue weighted by atomic mass is 28.4. The molecule has 0 amide bonds. The molecule has 446 valence electrons. The summed E-state index contributed by atoms with van der Waals surface area (Å²) in [7, 11) is -7.36. The Morgan fingerprint density at radius 3 is 1.22 bits per heavy atom. The summed E-state index contributed by atoms with van der Waals surface area (Å²) >= 11 is 0. The van der Waals surface area contributed by atoms with Crippen molar-refractivity contribution in [2.24, 2.45) is 80.8 Å². The topological polar surface area (TPSA) is 57.2 Å². The normalized spacial score (nSPS) is 38.8. The number of fused-ring (bicyclic) bond motifs is 2. The average molecular weight is 1140 g/mol. The average Bonchev–Trinajstić information content (AvgIpc) is 3.78. The standard InChI is InChI=1S/C34H64O3Si2.C34H64O2Si2/c1-15-34(35)21-18-29-27(24-37-39(13,14)31(6,7)8)28(17-20-33(29,34)10)32(9)19-16-25(2)22-26(32)23-36-38(11,12)30(3,4)5;1-15-26-16-17-29-28(24-36-38(13,14)32(6,7)8)30(19-21-33(26,29)9)34(10)20-18-25(2)22-27(34)23-35-37(11,12)31(3,4)5/h1,25-29,35H,16-24H2,2-14H3;25,27-30H,1,16-24H2,2-14H3/t25-,26+,27+,28?,29?,32-,33-,34-;25-,27+,28-,29?,30?,33+,34-/m00/s1. The van der Waals surface area contributed by atoms with E-state index in [0.29, 0.717) is 52.8 Å². The quantitative estimate of drug-likeness (QED) is 0.107. The third kappa shape index (κ3) is 13.5. The largest absolute Gasteiger partial charge is 0.417 e. The molecule has 6 rings (SSSR count). The van der Waals surface area contributed by atoms with Crippen molar-refractivity contribution in [3.05, 3.63) is 17.9 Å². The van der Waals surface area contributed by atoms with Crippen LogP contribution in [0.4, 0.5) is 0 Å². The molecule has 6 fully saturated rings. The predicted octanol–water partition coefficient (Wildman–Crippen LogP) is 19.9. The summed E-state index contributed by atoms with van der Waals surface area (Å²) in [5.41, 5.74) is 4.47. The van der Waals surface area contributed by atoms with Gasteiger partial charge in [-0.05, 0) is 231 Å². The van der Waals surface area contributed by atoms with Gasteiger partial charge in [-0.1, -0.05) is 150 Å². The van der Waals surface area contributed by atoms with Crippen LogP contribution < -0.4 is 0 Å². The van der Waals surface area contributed by atoms with Crippen LogP contribution in [0.2, 0.25) is 72.5 Å². The lowest BCUT2D eigenvalue weighted by atomic mass is 9.48. The lowest BCUT2D eigenvalue weighted by Crippen LogP contribution is -2.56. The van der Waals surface area contributed by atoms with Gasteiger partial charge >= 0.3 is 0 Å². The van der Waals surface area contributed by atoms with Crippen molar-refractivity contribution in [1.82, 2.24) is 0 Å². The Labute approximate surface area is 483 Å². The Morgan fingerprint density at radius 2 is 0.857 bits per heavy atom. The van der Waals surface area contributed by atoms with Crippen molar-refractivity contribution < 1.29 is 22.8 Å². The Hall–Kier alpha value is -0.252. The van der Waals surface area contributed by atoms with Crippen molar-refractivity contribution in [1.29, 1.82) is 0 Å². The van der Waals surface area contributed by atoms with Gasteiger partial charge in [-0.25, -0.2) is 0 Å². The maximum Gasteiger partial charge on any atom is 0.191 e. The first-order valence-corrected chi connectivity index (χ1v) is 43.5. The molecule has 6 aliphatic rings. The Kier molecular flexibility index (Phi) is 20.4. The van der Waals surface area contributed by atoms with Crippen LogP contribution in [-0.2, 0) is 17.7 Å². The van der Waals surface area contributed by atoms with Gasteiger partial charge in [0.15, 0.2) is 33.3 Å². The number of allylic oxidation sites excluding steroid dienone is 1. The summed E-state index contributed by atoms with van der Waals surface area (Å²) in [5, 5.41) is 12.5. The van der Waals surface area contributed by atoms with E-state index in [9.17, 15) is 5.11 Å². The van der Waals surface area contributed by atoms with Crippen molar-refractivity contribution in [3.63, 3.8) is 0 Å². The molecule has 5 nitrogen and oxygen atoms in total.